The Balaban J connectivity index is 1.60. The Bertz CT molecular complexity index is 277. The van der Waals surface area contributed by atoms with Crippen LogP contribution in [0.1, 0.15) is 45.4 Å². The van der Waals surface area contributed by atoms with Gasteiger partial charge >= 0.3 is 0 Å². The first kappa shape index (κ1) is 11.9. The van der Waals surface area contributed by atoms with Crippen molar-refractivity contribution in [1.29, 1.82) is 0 Å². The highest BCUT2D eigenvalue weighted by Gasteiger charge is 2.44. The molecule has 3 heteroatoms. The lowest BCUT2D eigenvalue weighted by molar-refractivity contribution is -0.153. The molecule has 0 amide bonds. The predicted octanol–water partition coefficient (Wildman–Crippen LogP) is 1.79. The van der Waals surface area contributed by atoms with Gasteiger partial charge in [0.05, 0.1) is 11.7 Å². The van der Waals surface area contributed by atoms with Gasteiger partial charge in [0.15, 0.2) is 0 Å². The number of nitrogens with zero attached hydrogens (tertiary/aromatic N) is 1. The molecule has 0 aromatic heterocycles. The van der Waals surface area contributed by atoms with Crippen molar-refractivity contribution in [3.8, 4) is 0 Å². The molecule has 0 aromatic carbocycles. The molecule has 98 valence electrons. The summed E-state index contributed by atoms with van der Waals surface area (Å²) in [5.74, 6) is 0.434. The third-order valence-corrected chi connectivity index (χ3v) is 5.14. The summed E-state index contributed by atoms with van der Waals surface area (Å²) < 4.78 is 5.99. The zero-order valence-corrected chi connectivity index (χ0v) is 10.9. The molecule has 3 fully saturated rings. The fraction of sp³-hybridized carbons (Fsp3) is 1.00. The van der Waals surface area contributed by atoms with Gasteiger partial charge in [-0.3, -0.25) is 4.90 Å². The van der Waals surface area contributed by atoms with Crippen LogP contribution in [-0.2, 0) is 4.74 Å². The monoisotopic (exact) mass is 239 g/mol. The highest BCUT2D eigenvalue weighted by Crippen LogP contribution is 2.43. The van der Waals surface area contributed by atoms with Crippen LogP contribution in [-0.4, -0.2) is 47.4 Å². The Morgan fingerprint density at radius 1 is 1.29 bits per heavy atom. The zero-order valence-electron chi connectivity index (χ0n) is 10.9. The summed E-state index contributed by atoms with van der Waals surface area (Å²) in [7, 11) is 0. The Morgan fingerprint density at radius 3 is 2.76 bits per heavy atom. The average molecular weight is 239 g/mol. The van der Waals surface area contributed by atoms with E-state index < -0.39 is 0 Å². The second kappa shape index (κ2) is 4.52. The van der Waals surface area contributed by atoms with Gasteiger partial charge in [-0.15, -0.1) is 0 Å². The van der Waals surface area contributed by atoms with Crippen LogP contribution < -0.4 is 0 Å². The number of hydrogen-bond donors (Lipinski definition) is 1. The first-order chi connectivity index (χ1) is 8.19. The number of rotatable bonds is 1. The van der Waals surface area contributed by atoms with E-state index in [1.165, 1.54) is 32.1 Å². The average Bonchev–Trinajstić information content (AvgIpc) is 2.31. The van der Waals surface area contributed by atoms with Gasteiger partial charge in [0.1, 0.15) is 0 Å². The smallest absolute Gasteiger partial charge is 0.0697 e. The predicted molar refractivity (Wildman–Crippen MR) is 66.9 cm³/mol. The van der Waals surface area contributed by atoms with Gasteiger partial charge in [-0.1, -0.05) is 6.92 Å². The van der Waals surface area contributed by atoms with Crippen molar-refractivity contribution in [2.45, 2.75) is 63.2 Å². The molecule has 3 rings (SSSR count). The van der Waals surface area contributed by atoms with Crippen LogP contribution in [0.4, 0.5) is 0 Å². The molecule has 17 heavy (non-hydrogen) atoms. The molecule has 2 aliphatic heterocycles. The van der Waals surface area contributed by atoms with Crippen molar-refractivity contribution in [2.75, 3.05) is 19.7 Å². The lowest BCUT2D eigenvalue weighted by atomic mass is 9.73. The molecule has 3 unspecified atom stereocenters. The maximum atomic E-state index is 9.80. The lowest BCUT2D eigenvalue weighted by Crippen LogP contribution is -2.55. The molecule has 1 N–H and O–H groups in total. The van der Waals surface area contributed by atoms with Crippen molar-refractivity contribution >= 4 is 0 Å². The van der Waals surface area contributed by atoms with E-state index >= 15 is 0 Å². The topological polar surface area (TPSA) is 32.7 Å². The van der Waals surface area contributed by atoms with Crippen LogP contribution in [0, 0.1) is 5.92 Å². The maximum Gasteiger partial charge on any atom is 0.0697 e. The number of aliphatic hydroxyl groups is 1. The zero-order chi connectivity index (χ0) is 11.9. The number of hydrogen-bond acceptors (Lipinski definition) is 3. The van der Waals surface area contributed by atoms with E-state index in [4.69, 9.17) is 4.74 Å². The number of ether oxygens (including phenoxy) is 1. The van der Waals surface area contributed by atoms with Crippen molar-refractivity contribution in [3.63, 3.8) is 0 Å². The van der Waals surface area contributed by atoms with E-state index in [0.717, 1.165) is 26.1 Å². The molecule has 3 atom stereocenters. The van der Waals surface area contributed by atoms with Crippen molar-refractivity contribution < 1.29 is 9.84 Å². The maximum absolute atomic E-state index is 9.80. The second-order valence-electron chi connectivity index (χ2n) is 6.36. The minimum atomic E-state index is -0.0799. The molecule has 1 saturated carbocycles. The number of likely N-dealkylation sites (tertiary alicyclic amines) is 1. The third kappa shape index (κ3) is 2.25. The summed E-state index contributed by atoms with van der Waals surface area (Å²) in [6.45, 7) is 5.27. The normalized spacial score (nSPS) is 42.4. The van der Waals surface area contributed by atoms with E-state index in [0.29, 0.717) is 12.0 Å². The number of piperidine rings is 1. The van der Waals surface area contributed by atoms with E-state index in [1.54, 1.807) is 0 Å². The van der Waals surface area contributed by atoms with Gasteiger partial charge in [-0.25, -0.2) is 0 Å². The molecule has 0 bridgehead atoms. The second-order valence-corrected chi connectivity index (χ2v) is 6.36. The molecule has 1 spiro atoms. The SMILES string of the molecule is CC1CN(C2CCOC3(CCC3)C2)CCC1O. The van der Waals surface area contributed by atoms with Crippen molar-refractivity contribution in [1.82, 2.24) is 4.90 Å². The fourth-order valence-corrected chi connectivity index (χ4v) is 3.73. The number of aliphatic hydroxyl groups excluding tert-OH is 1. The molecule has 3 aliphatic rings. The van der Waals surface area contributed by atoms with Crippen LogP contribution in [0.25, 0.3) is 0 Å². The van der Waals surface area contributed by atoms with E-state index in [1.807, 2.05) is 0 Å². The fourth-order valence-electron chi connectivity index (χ4n) is 3.73. The van der Waals surface area contributed by atoms with Crippen LogP contribution in [0.5, 0.6) is 0 Å². The van der Waals surface area contributed by atoms with Crippen LogP contribution in [0.3, 0.4) is 0 Å². The summed E-state index contributed by atoms with van der Waals surface area (Å²) in [5, 5.41) is 9.80. The van der Waals surface area contributed by atoms with Gasteiger partial charge in [0.2, 0.25) is 0 Å². The first-order valence-corrected chi connectivity index (χ1v) is 7.25. The molecule has 3 nitrogen and oxygen atoms in total. The van der Waals surface area contributed by atoms with Crippen LogP contribution in [0.15, 0.2) is 0 Å². The minimum absolute atomic E-state index is 0.0799. The lowest BCUT2D eigenvalue weighted by Gasteiger charge is -2.51. The highest BCUT2D eigenvalue weighted by molar-refractivity contribution is 4.97. The van der Waals surface area contributed by atoms with Gasteiger partial charge in [-0.2, -0.15) is 0 Å². The Labute approximate surface area is 104 Å². The van der Waals surface area contributed by atoms with Gasteiger partial charge in [0, 0.05) is 25.7 Å². The molecule has 2 saturated heterocycles. The summed E-state index contributed by atoms with van der Waals surface area (Å²) in [6, 6.07) is 0.707. The molecule has 2 heterocycles. The van der Waals surface area contributed by atoms with E-state index in [-0.39, 0.29) is 11.7 Å². The Kier molecular flexibility index (Phi) is 3.18. The standard InChI is InChI=1S/C14H25NO2/c1-11-10-15(7-3-13(11)16)12-4-8-17-14(9-12)5-2-6-14/h11-13,16H,2-10H2,1H3. The van der Waals surface area contributed by atoms with Crippen molar-refractivity contribution in [3.05, 3.63) is 0 Å². The van der Waals surface area contributed by atoms with Crippen LogP contribution in [0.2, 0.25) is 0 Å². The summed E-state index contributed by atoms with van der Waals surface area (Å²) in [5.41, 5.74) is 0.252. The van der Waals surface area contributed by atoms with Gasteiger partial charge < -0.3 is 9.84 Å². The minimum Gasteiger partial charge on any atom is -0.393 e. The first-order valence-electron chi connectivity index (χ1n) is 7.25. The molecule has 0 aromatic rings. The van der Waals surface area contributed by atoms with E-state index in [9.17, 15) is 5.11 Å². The molecular formula is C14H25NO2. The van der Waals surface area contributed by atoms with Gasteiger partial charge in [0.25, 0.3) is 0 Å². The molecule has 0 radical (unpaired) electrons. The van der Waals surface area contributed by atoms with E-state index in [2.05, 4.69) is 11.8 Å². The summed E-state index contributed by atoms with van der Waals surface area (Å²) in [6.07, 6.45) is 7.18. The highest BCUT2D eigenvalue weighted by atomic mass is 16.5. The van der Waals surface area contributed by atoms with Crippen LogP contribution >= 0.6 is 0 Å². The third-order valence-electron chi connectivity index (χ3n) is 5.14. The quantitative estimate of drug-likeness (QED) is 0.757. The molecular weight excluding hydrogens is 214 g/mol. The van der Waals surface area contributed by atoms with Crippen molar-refractivity contribution in [2.24, 2.45) is 5.92 Å². The van der Waals surface area contributed by atoms with Gasteiger partial charge in [-0.05, 0) is 44.4 Å². The summed E-state index contributed by atoms with van der Waals surface area (Å²) >= 11 is 0. The Morgan fingerprint density at radius 2 is 2.12 bits per heavy atom. The largest absolute Gasteiger partial charge is 0.393 e. The Hall–Kier alpha value is -0.120. The summed E-state index contributed by atoms with van der Waals surface area (Å²) in [4.78, 5) is 2.61. The molecule has 1 aliphatic carbocycles.